The molecule has 1 heterocycles. The average molecular weight is 324 g/mol. The monoisotopic (exact) mass is 323 g/mol. The second kappa shape index (κ2) is 8.61. The van der Waals surface area contributed by atoms with E-state index in [9.17, 15) is 0 Å². The van der Waals surface area contributed by atoms with Gasteiger partial charge >= 0.3 is 0 Å². The maximum atomic E-state index is 5.93. The molecule has 0 atom stereocenters. The van der Waals surface area contributed by atoms with Crippen LogP contribution in [0.25, 0.3) is 0 Å². The summed E-state index contributed by atoms with van der Waals surface area (Å²) in [6.45, 7) is 6.63. The van der Waals surface area contributed by atoms with E-state index in [-0.39, 0.29) is 0 Å². The van der Waals surface area contributed by atoms with Gasteiger partial charge in [0.25, 0.3) is 0 Å². The lowest BCUT2D eigenvalue weighted by atomic mass is 10.1. The third-order valence-electron chi connectivity index (χ3n) is 3.76. The van der Waals surface area contributed by atoms with E-state index < -0.39 is 0 Å². The van der Waals surface area contributed by atoms with Crippen molar-refractivity contribution >= 4 is 34.7 Å². The SMILES string of the molecule is CCSc1cccc(NCCN2CCCCC2)c1C(N)=S. The zero-order valence-electron chi connectivity index (χ0n) is 12.7. The molecular weight excluding hydrogens is 298 g/mol. The van der Waals surface area contributed by atoms with Crippen LogP contribution in [-0.4, -0.2) is 41.8 Å². The van der Waals surface area contributed by atoms with Crippen LogP contribution < -0.4 is 11.1 Å². The van der Waals surface area contributed by atoms with Gasteiger partial charge in [0.05, 0.1) is 0 Å². The van der Waals surface area contributed by atoms with E-state index >= 15 is 0 Å². The van der Waals surface area contributed by atoms with Gasteiger partial charge in [0.15, 0.2) is 0 Å². The minimum absolute atomic E-state index is 0.479. The van der Waals surface area contributed by atoms with Gasteiger partial charge in [0, 0.05) is 29.2 Å². The fraction of sp³-hybridized carbons (Fsp3) is 0.562. The van der Waals surface area contributed by atoms with Crippen LogP contribution in [0.4, 0.5) is 5.69 Å². The molecule has 1 aliphatic rings. The topological polar surface area (TPSA) is 41.3 Å². The van der Waals surface area contributed by atoms with Gasteiger partial charge in [-0.1, -0.05) is 31.6 Å². The number of likely N-dealkylation sites (tertiary alicyclic amines) is 1. The van der Waals surface area contributed by atoms with Gasteiger partial charge in [-0.25, -0.2) is 0 Å². The summed E-state index contributed by atoms with van der Waals surface area (Å²) in [5, 5.41) is 3.52. The molecule has 1 aromatic carbocycles. The number of piperidine rings is 1. The van der Waals surface area contributed by atoms with Crippen LogP contribution in [0.2, 0.25) is 0 Å². The van der Waals surface area contributed by atoms with Gasteiger partial charge in [-0.15, -0.1) is 11.8 Å². The Morgan fingerprint density at radius 1 is 1.33 bits per heavy atom. The first-order valence-electron chi connectivity index (χ1n) is 7.74. The number of hydrogen-bond donors (Lipinski definition) is 2. The number of thioether (sulfide) groups is 1. The zero-order chi connectivity index (χ0) is 15.1. The Morgan fingerprint density at radius 3 is 2.76 bits per heavy atom. The Balaban J connectivity index is 1.98. The number of anilines is 1. The molecule has 0 aromatic heterocycles. The predicted octanol–water partition coefficient (Wildman–Crippen LogP) is 3.33. The van der Waals surface area contributed by atoms with Gasteiger partial charge in [-0.2, -0.15) is 0 Å². The summed E-state index contributed by atoms with van der Waals surface area (Å²) < 4.78 is 0. The van der Waals surface area contributed by atoms with E-state index in [1.807, 2.05) is 0 Å². The third-order valence-corrected chi connectivity index (χ3v) is 4.91. The van der Waals surface area contributed by atoms with Gasteiger partial charge in [0.2, 0.25) is 0 Å². The van der Waals surface area contributed by atoms with Crippen molar-refractivity contribution in [2.24, 2.45) is 5.73 Å². The summed E-state index contributed by atoms with van der Waals surface area (Å²) in [5.41, 5.74) is 7.99. The molecule has 0 aliphatic carbocycles. The molecule has 0 bridgehead atoms. The van der Waals surface area contributed by atoms with Gasteiger partial charge < -0.3 is 16.0 Å². The number of nitrogens with two attached hydrogens (primary N) is 1. The summed E-state index contributed by atoms with van der Waals surface area (Å²) in [4.78, 5) is 4.18. The lowest BCUT2D eigenvalue weighted by molar-refractivity contribution is 0.237. The van der Waals surface area contributed by atoms with Crippen molar-refractivity contribution in [3.63, 3.8) is 0 Å². The molecule has 1 saturated heterocycles. The molecule has 5 heteroatoms. The predicted molar refractivity (Wildman–Crippen MR) is 97.5 cm³/mol. The van der Waals surface area contributed by atoms with E-state index in [2.05, 4.69) is 35.3 Å². The molecule has 1 aliphatic heterocycles. The molecule has 3 nitrogen and oxygen atoms in total. The number of rotatable bonds is 7. The molecule has 1 aromatic rings. The van der Waals surface area contributed by atoms with E-state index in [0.717, 1.165) is 30.1 Å². The van der Waals surface area contributed by atoms with Crippen molar-refractivity contribution < 1.29 is 0 Å². The van der Waals surface area contributed by atoms with Gasteiger partial charge in [-0.05, 0) is 43.8 Å². The molecule has 1 fully saturated rings. The van der Waals surface area contributed by atoms with Crippen molar-refractivity contribution in [3.05, 3.63) is 23.8 Å². The lowest BCUT2D eigenvalue weighted by Crippen LogP contribution is -2.34. The van der Waals surface area contributed by atoms with Crippen LogP contribution >= 0.6 is 24.0 Å². The van der Waals surface area contributed by atoms with Crippen LogP contribution in [0.3, 0.4) is 0 Å². The number of benzene rings is 1. The molecule has 0 saturated carbocycles. The molecule has 0 radical (unpaired) electrons. The summed E-state index contributed by atoms with van der Waals surface area (Å²) in [5.74, 6) is 1.02. The van der Waals surface area contributed by atoms with Crippen molar-refractivity contribution in [1.29, 1.82) is 0 Å². The number of nitrogens with zero attached hydrogens (tertiary/aromatic N) is 1. The normalized spacial score (nSPS) is 15.9. The Bertz CT molecular complexity index is 471. The Morgan fingerprint density at radius 2 is 2.10 bits per heavy atom. The molecule has 0 unspecified atom stereocenters. The van der Waals surface area contributed by atoms with Crippen LogP contribution in [-0.2, 0) is 0 Å². The second-order valence-corrected chi connectivity index (χ2v) is 7.05. The maximum Gasteiger partial charge on any atom is 0.107 e. The van der Waals surface area contributed by atoms with E-state index in [4.69, 9.17) is 18.0 Å². The number of thiocarbonyl (C=S) groups is 1. The maximum absolute atomic E-state index is 5.93. The van der Waals surface area contributed by atoms with Crippen LogP contribution in [0, 0.1) is 0 Å². The first-order valence-corrected chi connectivity index (χ1v) is 9.13. The highest BCUT2D eigenvalue weighted by atomic mass is 32.2. The van der Waals surface area contributed by atoms with Crippen LogP contribution in [0.5, 0.6) is 0 Å². The highest BCUT2D eigenvalue weighted by Crippen LogP contribution is 2.28. The lowest BCUT2D eigenvalue weighted by Gasteiger charge is -2.26. The summed E-state index contributed by atoms with van der Waals surface area (Å²) in [6.07, 6.45) is 4.05. The third kappa shape index (κ3) is 4.87. The van der Waals surface area contributed by atoms with E-state index in [1.165, 1.54) is 37.2 Å². The highest BCUT2D eigenvalue weighted by Gasteiger charge is 2.12. The standard InChI is InChI=1S/C16H25N3S2/c1-2-21-14-8-6-7-13(15(14)16(17)20)18-9-12-19-10-4-3-5-11-19/h6-8,18H,2-5,9-12H2,1H3,(H2,17,20). The highest BCUT2D eigenvalue weighted by molar-refractivity contribution is 7.99. The average Bonchev–Trinajstić information content (AvgIpc) is 2.48. The minimum Gasteiger partial charge on any atom is -0.389 e. The van der Waals surface area contributed by atoms with Crippen molar-refractivity contribution in [1.82, 2.24) is 4.90 Å². The fourth-order valence-electron chi connectivity index (χ4n) is 2.74. The summed E-state index contributed by atoms with van der Waals surface area (Å²) in [6, 6.07) is 6.24. The first kappa shape index (κ1) is 16.6. The molecule has 0 spiro atoms. The largest absolute Gasteiger partial charge is 0.389 e. The first-order chi connectivity index (χ1) is 10.2. The molecule has 0 amide bonds. The molecule has 3 N–H and O–H groups in total. The van der Waals surface area contributed by atoms with Crippen molar-refractivity contribution in [3.8, 4) is 0 Å². The summed E-state index contributed by atoms with van der Waals surface area (Å²) >= 11 is 7.03. The van der Waals surface area contributed by atoms with Gasteiger partial charge in [-0.3, -0.25) is 0 Å². The van der Waals surface area contributed by atoms with E-state index in [0.29, 0.717) is 4.99 Å². The summed E-state index contributed by atoms with van der Waals surface area (Å²) in [7, 11) is 0. The van der Waals surface area contributed by atoms with Crippen molar-refractivity contribution in [2.75, 3.05) is 37.2 Å². The minimum atomic E-state index is 0.479. The molecular formula is C16H25N3S2. The van der Waals surface area contributed by atoms with Crippen LogP contribution in [0.15, 0.2) is 23.1 Å². The van der Waals surface area contributed by atoms with Gasteiger partial charge in [0.1, 0.15) is 4.99 Å². The quantitative estimate of drug-likeness (QED) is 0.595. The smallest absolute Gasteiger partial charge is 0.107 e. The molecule has 21 heavy (non-hydrogen) atoms. The fourth-order valence-corrected chi connectivity index (χ4v) is 3.87. The van der Waals surface area contributed by atoms with Crippen molar-refractivity contribution in [2.45, 2.75) is 31.1 Å². The number of hydrogen-bond acceptors (Lipinski definition) is 4. The zero-order valence-corrected chi connectivity index (χ0v) is 14.4. The Kier molecular flexibility index (Phi) is 6.80. The van der Waals surface area contributed by atoms with Crippen LogP contribution in [0.1, 0.15) is 31.7 Å². The van der Waals surface area contributed by atoms with E-state index in [1.54, 1.807) is 11.8 Å². The molecule has 116 valence electrons. The Labute approximate surface area is 137 Å². The number of nitrogens with one attached hydrogen (secondary N) is 1. The molecule has 2 rings (SSSR count). The second-order valence-electron chi connectivity index (χ2n) is 5.31. The Hall–Kier alpha value is -0.780.